The second-order valence-corrected chi connectivity index (χ2v) is 6.73. The van der Waals surface area contributed by atoms with Gasteiger partial charge < -0.3 is 19.9 Å². The Morgan fingerprint density at radius 3 is 2.57 bits per heavy atom. The first-order valence-electron chi connectivity index (χ1n) is 9.33. The Hall–Kier alpha value is -3.09. The van der Waals surface area contributed by atoms with Gasteiger partial charge >= 0.3 is 6.03 Å². The zero-order valence-electron chi connectivity index (χ0n) is 15.9. The summed E-state index contributed by atoms with van der Waals surface area (Å²) < 4.78 is 18.4. The summed E-state index contributed by atoms with van der Waals surface area (Å²) in [5, 5.41) is 2.79. The smallest absolute Gasteiger partial charge is 0.321 e. The van der Waals surface area contributed by atoms with Crippen LogP contribution in [-0.4, -0.2) is 55.0 Å². The van der Waals surface area contributed by atoms with Crippen LogP contribution in [0.4, 0.5) is 14.9 Å². The minimum absolute atomic E-state index is 0.00495. The molecule has 0 aromatic heterocycles. The van der Waals surface area contributed by atoms with Gasteiger partial charge in [-0.25, -0.2) is 9.18 Å². The van der Waals surface area contributed by atoms with Crippen molar-refractivity contribution in [2.24, 2.45) is 0 Å². The predicted octanol–water partition coefficient (Wildman–Crippen LogP) is 3.60. The van der Waals surface area contributed by atoms with Gasteiger partial charge in [0.15, 0.2) is 0 Å². The number of halogens is 1. The summed E-state index contributed by atoms with van der Waals surface area (Å²) in [4.78, 5) is 28.1. The van der Waals surface area contributed by atoms with Gasteiger partial charge in [0.1, 0.15) is 18.2 Å². The number of anilines is 1. The summed E-state index contributed by atoms with van der Waals surface area (Å²) >= 11 is 0. The summed E-state index contributed by atoms with van der Waals surface area (Å²) in [6.45, 7) is 2.21. The van der Waals surface area contributed by atoms with Gasteiger partial charge in [0.2, 0.25) is 0 Å². The molecule has 1 fully saturated rings. The number of carbonyl (C=O) groups excluding carboxylic acids is 2. The highest BCUT2D eigenvalue weighted by Gasteiger charge is 2.19. The topological polar surface area (TPSA) is 61.9 Å². The van der Waals surface area contributed by atoms with E-state index >= 15 is 0 Å². The quantitative estimate of drug-likeness (QED) is 0.826. The van der Waals surface area contributed by atoms with E-state index < -0.39 is 0 Å². The van der Waals surface area contributed by atoms with E-state index in [-0.39, 0.29) is 24.4 Å². The second-order valence-electron chi connectivity index (χ2n) is 6.73. The monoisotopic (exact) mass is 385 g/mol. The van der Waals surface area contributed by atoms with Crippen molar-refractivity contribution in [1.82, 2.24) is 9.80 Å². The number of nitrogens with zero attached hydrogens (tertiary/aromatic N) is 2. The van der Waals surface area contributed by atoms with E-state index in [0.717, 1.165) is 25.9 Å². The van der Waals surface area contributed by atoms with Crippen LogP contribution >= 0.6 is 0 Å². The van der Waals surface area contributed by atoms with E-state index in [1.54, 1.807) is 31.3 Å². The van der Waals surface area contributed by atoms with Crippen LogP contribution in [0.15, 0.2) is 48.5 Å². The van der Waals surface area contributed by atoms with Crippen molar-refractivity contribution in [3.8, 4) is 5.75 Å². The molecular formula is C21H24FN3O3. The molecule has 0 radical (unpaired) electrons. The first-order valence-corrected chi connectivity index (χ1v) is 9.33. The molecule has 1 aliphatic heterocycles. The van der Waals surface area contributed by atoms with E-state index in [4.69, 9.17) is 4.74 Å². The Morgan fingerprint density at radius 1 is 1.14 bits per heavy atom. The van der Waals surface area contributed by atoms with Crippen LogP contribution < -0.4 is 10.1 Å². The lowest BCUT2D eigenvalue weighted by molar-refractivity contribution is 0.0793. The molecule has 1 saturated heterocycles. The normalized spacial score (nSPS) is 13.3. The van der Waals surface area contributed by atoms with Crippen molar-refractivity contribution in [3.63, 3.8) is 0 Å². The molecule has 1 N–H and O–H groups in total. The molecule has 3 rings (SSSR count). The summed E-state index contributed by atoms with van der Waals surface area (Å²) in [7, 11) is 1.66. The van der Waals surface area contributed by atoms with Gasteiger partial charge in [0.05, 0.1) is 6.54 Å². The number of rotatable bonds is 6. The molecule has 0 bridgehead atoms. The van der Waals surface area contributed by atoms with Gasteiger partial charge in [-0.2, -0.15) is 0 Å². The fraction of sp³-hybridized carbons (Fsp3) is 0.333. The number of benzene rings is 2. The van der Waals surface area contributed by atoms with Gasteiger partial charge in [-0.05, 0) is 55.3 Å². The molecule has 7 heteroatoms. The van der Waals surface area contributed by atoms with Gasteiger partial charge in [-0.1, -0.05) is 6.07 Å². The number of amides is 3. The molecule has 1 aliphatic rings. The molecule has 1 heterocycles. The summed E-state index contributed by atoms with van der Waals surface area (Å²) in [5.41, 5.74) is 1.14. The Kier molecular flexibility index (Phi) is 6.47. The number of ether oxygens (including phenoxy) is 1. The van der Waals surface area contributed by atoms with E-state index in [1.165, 1.54) is 29.2 Å². The van der Waals surface area contributed by atoms with Gasteiger partial charge in [-0.15, -0.1) is 0 Å². The first-order chi connectivity index (χ1) is 13.5. The standard InChI is InChI=1S/C21H24FN3O3/c1-24(13-14-28-19-9-7-17(22)8-10-19)21(27)23-18-6-4-5-16(15-18)20(26)25-11-2-3-12-25/h4-10,15H,2-3,11-14H2,1H3,(H,23,27). The summed E-state index contributed by atoms with van der Waals surface area (Å²) in [6.07, 6.45) is 2.07. The lowest BCUT2D eigenvalue weighted by Gasteiger charge is -2.19. The molecule has 0 atom stereocenters. The lowest BCUT2D eigenvalue weighted by Crippen LogP contribution is -2.34. The van der Waals surface area contributed by atoms with Crippen LogP contribution in [0.3, 0.4) is 0 Å². The zero-order valence-corrected chi connectivity index (χ0v) is 15.9. The molecule has 0 unspecified atom stereocenters. The Bertz CT molecular complexity index is 820. The predicted molar refractivity (Wildman–Crippen MR) is 105 cm³/mol. The second kappa shape index (κ2) is 9.21. The largest absolute Gasteiger partial charge is 0.492 e. The van der Waals surface area contributed by atoms with Crippen LogP contribution in [0.2, 0.25) is 0 Å². The van der Waals surface area contributed by atoms with E-state index in [1.807, 2.05) is 4.90 Å². The minimum Gasteiger partial charge on any atom is -0.492 e. The average Bonchev–Trinajstić information content (AvgIpc) is 3.24. The molecule has 28 heavy (non-hydrogen) atoms. The van der Waals surface area contributed by atoms with Gasteiger partial charge in [-0.3, -0.25) is 4.79 Å². The lowest BCUT2D eigenvalue weighted by atomic mass is 10.2. The number of likely N-dealkylation sites (N-methyl/N-ethyl adjacent to an activating group) is 1. The van der Waals surface area contributed by atoms with Crippen molar-refractivity contribution in [1.29, 1.82) is 0 Å². The molecule has 148 valence electrons. The third-order valence-electron chi connectivity index (χ3n) is 4.61. The van der Waals surface area contributed by atoms with Gasteiger partial charge in [0.25, 0.3) is 5.91 Å². The highest BCUT2D eigenvalue weighted by Crippen LogP contribution is 2.17. The van der Waals surface area contributed by atoms with Crippen LogP contribution in [0.1, 0.15) is 23.2 Å². The molecular weight excluding hydrogens is 361 g/mol. The zero-order chi connectivity index (χ0) is 19.9. The molecule has 0 saturated carbocycles. The van der Waals surface area contributed by atoms with Crippen molar-refractivity contribution in [2.75, 3.05) is 38.6 Å². The van der Waals surface area contributed by atoms with Crippen LogP contribution in [-0.2, 0) is 0 Å². The van der Waals surface area contributed by atoms with Crippen molar-refractivity contribution < 1.29 is 18.7 Å². The average molecular weight is 385 g/mol. The molecule has 3 amide bonds. The maximum absolute atomic E-state index is 12.9. The number of carbonyl (C=O) groups is 2. The fourth-order valence-corrected chi connectivity index (χ4v) is 2.98. The highest BCUT2D eigenvalue weighted by molar-refractivity contribution is 5.97. The van der Waals surface area contributed by atoms with Crippen LogP contribution in [0.5, 0.6) is 5.75 Å². The number of likely N-dealkylation sites (tertiary alicyclic amines) is 1. The number of nitrogens with one attached hydrogen (secondary N) is 1. The number of urea groups is 1. The SMILES string of the molecule is CN(CCOc1ccc(F)cc1)C(=O)Nc1cccc(C(=O)N2CCCC2)c1. The highest BCUT2D eigenvalue weighted by atomic mass is 19.1. The maximum Gasteiger partial charge on any atom is 0.321 e. The van der Waals surface area contributed by atoms with Crippen molar-refractivity contribution in [2.45, 2.75) is 12.8 Å². The Balaban J connectivity index is 1.50. The molecule has 0 aliphatic carbocycles. The van der Waals surface area contributed by atoms with E-state index in [0.29, 0.717) is 23.5 Å². The van der Waals surface area contributed by atoms with Crippen LogP contribution in [0.25, 0.3) is 0 Å². The van der Waals surface area contributed by atoms with Crippen molar-refractivity contribution >= 4 is 17.6 Å². The number of hydrogen-bond acceptors (Lipinski definition) is 3. The minimum atomic E-state index is -0.325. The third kappa shape index (κ3) is 5.22. The molecule has 2 aromatic carbocycles. The Morgan fingerprint density at radius 2 is 1.86 bits per heavy atom. The third-order valence-corrected chi connectivity index (χ3v) is 4.61. The van der Waals surface area contributed by atoms with Crippen LogP contribution in [0, 0.1) is 5.82 Å². The first kappa shape index (κ1) is 19.7. The number of hydrogen-bond donors (Lipinski definition) is 1. The van der Waals surface area contributed by atoms with Crippen molar-refractivity contribution in [3.05, 3.63) is 59.9 Å². The molecule has 6 nitrogen and oxygen atoms in total. The van der Waals surface area contributed by atoms with E-state index in [2.05, 4.69) is 5.32 Å². The van der Waals surface area contributed by atoms with Gasteiger partial charge in [0, 0.05) is 31.4 Å². The summed E-state index contributed by atoms with van der Waals surface area (Å²) in [6, 6.07) is 12.4. The Labute approximate surface area is 163 Å². The molecule has 0 spiro atoms. The van der Waals surface area contributed by atoms with E-state index in [9.17, 15) is 14.0 Å². The summed E-state index contributed by atoms with van der Waals surface area (Å²) in [5.74, 6) is 0.215. The fourth-order valence-electron chi connectivity index (χ4n) is 2.98. The maximum atomic E-state index is 12.9. The molecule has 2 aromatic rings.